The van der Waals surface area contributed by atoms with Gasteiger partial charge in [0, 0.05) is 69.9 Å². The Morgan fingerprint density at radius 1 is 0.390 bits per heavy atom. The zero-order valence-electron chi connectivity index (χ0n) is 60.6. The average molecular weight is 1420 g/mol. The molecule has 6 aliphatic heterocycles. The van der Waals surface area contributed by atoms with Crippen LogP contribution >= 0.6 is 0 Å². The summed E-state index contributed by atoms with van der Waals surface area (Å²) >= 11 is 0. The molecule has 6 aromatic rings. The van der Waals surface area contributed by atoms with Crippen LogP contribution in [0.25, 0.3) is 11.1 Å². The number of carbonyl (C=O) groups excluding carboxylic acids is 12. The molecule has 6 heterocycles. The molecule has 544 valence electrons. The van der Waals surface area contributed by atoms with Gasteiger partial charge in [-0.2, -0.15) is 0 Å². The first-order chi connectivity index (χ1) is 50.7. The molecule has 3 aliphatic carbocycles. The summed E-state index contributed by atoms with van der Waals surface area (Å²) in [6, 6.07) is 43.8. The van der Waals surface area contributed by atoms with Crippen LogP contribution in [0.4, 0.5) is 28.4 Å². The standard InChI is InChI=1S/C51H53N3O4.C34H38N4O9/c1-4-5-8-34-12-20-38(21-13-34)39-22-14-35(15-23-39)9-6-7-10-40-29-33(2)11-28-46(40)54-49(56)44-31-45(50(54)57)48-43(44)32-47(55)53(51(48)58)42-26-18-37(19-27-42)30-36-16-24-41(52-3)25-17-36;1-4-5-6-7-10-47-24-11-16(37-26(40)15-18-19-12-21(28(18)34(37)46)30(42)36(3)29(19)41)8-9-23(24)38-31(43)20-13-22(32(38)44)27-17(20)14-25(39)35(2)33(27)45/h11-29,43-45,48,52H,4-10,30-32H2,1-3H3;8-9,11,17-22,27-28H,4-7,10,12-15H2,1-3H3. The molecule has 9 fully saturated rings. The van der Waals surface area contributed by atoms with E-state index in [1.807, 2.05) is 62.5 Å². The van der Waals surface area contributed by atoms with Crippen LogP contribution in [-0.2, 0) is 83.2 Å². The third kappa shape index (κ3) is 13.3. The Kier molecular flexibility index (Phi) is 20.3. The van der Waals surface area contributed by atoms with E-state index in [2.05, 4.69) is 85.9 Å². The van der Waals surface area contributed by atoms with E-state index >= 15 is 0 Å². The number of ether oxygens (including phenoxy) is 1. The number of rotatable bonds is 22. The maximum absolute atomic E-state index is 14.4. The molecular formula is C85H91N7O13. The molecule has 0 aromatic heterocycles. The lowest BCUT2D eigenvalue weighted by molar-refractivity contribution is -0.155. The fourth-order valence-corrected chi connectivity index (χ4v) is 18.6. The van der Waals surface area contributed by atoms with Crippen molar-refractivity contribution in [2.24, 2.45) is 71.0 Å². The van der Waals surface area contributed by atoms with Gasteiger partial charge >= 0.3 is 0 Å². The SMILES string of the molecule is CCCCCCOc1cc(N2C(=O)CC3C4CC(C(=O)N(C)C4=O)C3C2=O)ccc1N1C(=O)C2CC(C1=O)C1C(=O)N(C)C(=O)CC21.CCCCc1ccc(-c2ccc(CCCCc3cc(C)ccc3N3C(=O)C4CC(C3=O)C3C(=O)N(c5ccc(Cc6ccc(NC)cc6)cc5)C(=O)CC43)cc2)cc1. The summed E-state index contributed by atoms with van der Waals surface area (Å²) in [6.07, 6.45) is 12.1. The molecular weight excluding hydrogens is 1330 g/mol. The van der Waals surface area contributed by atoms with Gasteiger partial charge in [0.15, 0.2) is 0 Å². The number of likely N-dealkylation sites (tertiary alicyclic amines) is 2. The highest BCUT2D eigenvalue weighted by Gasteiger charge is 2.65. The van der Waals surface area contributed by atoms with Crippen LogP contribution in [0.15, 0.2) is 133 Å². The Morgan fingerprint density at radius 3 is 1.40 bits per heavy atom. The van der Waals surface area contributed by atoms with E-state index in [-0.39, 0.29) is 91.3 Å². The minimum Gasteiger partial charge on any atom is -0.491 e. The Labute approximate surface area is 612 Å². The molecule has 3 saturated carbocycles. The van der Waals surface area contributed by atoms with Gasteiger partial charge in [0.1, 0.15) is 5.75 Å². The van der Waals surface area contributed by atoms with Crippen LogP contribution in [-0.4, -0.2) is 108 Å². The van der Waals surface area contributed by atoms with Gasteiger partial charge in [-0.3, -0.25) is 77.1 Å². The van der Waals surface area contributed by atoms with Crippen LogP contribution in [0.5, 0.6) is 5.75 Å². The number of unbranched alkanes of at least 4 members (excludes halogenated alkanes) is 5. The fourth-order valence-electron chi connectivity index (χ4n) is 18.6. The van der Waals surface area contributed by atoms with Crippen molar-refractivity contribution in [3.05, 3.63) is 167 Å². The predicted octanol–water partition coefficient (Wildman–Crippen LogP) is 11.8. The smallest absolute Gasteiger partial charge is 0.237 e. The number of hydrogen-bond acceptors (Lipinski definition) is 14. The van der Waals surface area contributed by atoms with Crippen molar-refractivity contribution in [2.45, 2.75) is 136 Å². The van der Waals surface area contributed by atoms with Crippen molar-refractivity contribution in [1.29, 1.82) is 0 Å². The molecule has 6 aromatic carbocycles. The molecule has 105 heavy (non-hydrogen) atoms. The van der Waals surface area contributed by atoms with Gasteiger partial charge in [0.05, 0.1) is 64.9 Å². The molecule has 20 heteroatoms. The minimum atomic E-state index is -0.820. The second-order valence-corrected chi connectivity index (χ2v) is 30.4. The minimum absolute atomic E-state index is 0.00768. The van der Waals surface area contributed by atoms with E-state index in [9.17, 15) is 57.5 Å². The number of nitrogens with one attached hydrogen (secondary N) is 1. The van der Waals surface area contributed by atoms with Crippen molar-refractivity contribution < 1.29 is 62.3 Å². The van der Waals surface area contributed by atoms with Crippen LogP contribution in [0, 0.1) is 77.9 Å². The maximum Gasteiger partial charge on any atom is 0.237 e. The summed E-state index contributed by atoms with van der Waals surface area (Å²) in [6.45, 7) is 6.58. The van der Waals surface area contributed by atoms with Crippen LogP contribution in [0.3, 0.4) is 0 Å². The average Bonchev–Trinajstić information content (AvgIpc) is 1.59. The van der Waals surface area contributed by atoms with E-state index < -0.39 is 106 Å². The molecule has 12 unspecified atom stereocenters. The zero-order valence-corrected chi connectivity index (χ0v) is 60.6. The Morgan fingerprint density at radius 2 is 0.838 bits per heavy atom. The van der Waals surface area contributed by atoms with Gasteiger partial charge in [-0.05, 0) is 177 Å². The number of hydrogen-bond donors (Lipinski definition) is 1. The summed E-state index contributed by atoms with van der Waals surface area (Å²) in [5.74, 6) is -12.7. The fraction of sp³-hybridized carbons (Fsp3) is 0.435. The molecule has 12 amide bonds. The summed E-state index contributed by atoms with van der Waals surface area (Å²) in [4.78, 5) is 170. The summed E-state index contributed by atoms with van der Waals surface area (Å²) < 4.78 is 6.17. The molecule has 6 bridgehead atoms. The highest BCUT2D eigenvalue weighted by Crippen LogP contribution is 2.56. The van der Waals surface area contributed by atoms with Crippen molar-refractivity contribution in [3.63, 3.8) is 0 Å². The lowest BCUT2D eigenvalue weighted by Gasteiger charge is -2.35. The van der Waals surface area contributed by atoms with Crippen LogP contribution < -0.4 is 29.7 Å². The molecule has 20 nitrogen and oxygen atoms in total. The van der Waals surface area contributed by atoms with E-state index in [0.717, 1.165) is 105 Å². The number of fused-ring (bicyclic) bond motifs is 15. The van der Waals surface area contributed by atoms with Gasteiger partial charge in [-0.1, -0.05) is 130 Å². The highest BCUT2D eigenvalue weighted by atomic mass is 16.5. The van der Waals surface area contributed by atoms with Gasteiger partial charge in [0.2, 0.25) is 70.9 Å². The number of nitrogens with zero attached hydrogens (tertiary/aromatic N) is 6. The van der Waals surface area contributed by atoms with Crippen molar-refractivity contribution in [1.82, 2.24) is 9.80 Å². The number of amides is 12. The van der Waals surface area contributed by atoms with Crippen LogP contribution in [0.1, 0.15) is 137 Å². The van der Waals surface area contributed by atoms with E-state index in [1.165, 1.54) is 77.2 Å². The number of imide groups is 6. The van der Waals surface area contributed by atoms with E-state index in [0.29, 0.717) is 24.2 Å². The van der Waals surface area contributed by atoms with Gasteiger partial charge in [-0.25, -0.2) is 9.80 Å². The number of benzene rings is 6. The maximum atomic E-state index is 14.4. The number of carbonyl (C=O) groups is 12. The summed E-state index contributed by atoms with van der Waals surface area (Å²) in [5.41, 5.74) is 11.9. The Hall–Kier alpha value is -10.2. The van der Waals surface area contributed by atoms with Gasteiger partial charge in [-0.15, -0.1) is 0 Å². The zero-order chi connectivity index (χ0) is 73.8. The molecule has 9 aliphatic rings. The first-order valence-electron chi connectivity index (χ1n) is 37.7. The largest absolute Gasteiger partial charge is 0.491 e. The quantitative estimate of drug-likeness (QED) is 0.0491. The van der Waals surface area contributed by atoms with Crippen molar-refractivity contribution >= 4 is 99.3 Å². The third-order valence-electron chi connectivity index (χ3n) is 24.2. The number of piperidine rings is 6. The lowest BCUT2D eigenvalue weighted by Crippen LogP contribution is -2.51. The molecule has 15 rings (SSSR count). The normalized spacial score (nSPS) is 26.0. The Balaban J connectivity index is 0.000000181. The lowest BCUT2D eigenvalue weighted by atomic mass is 9.80. The van der Waals surface area contributed by atoms with Gasteiger partial charge < -0.3 is 10.1 Å². The second kappa shape index (κ2) is 29.7. The monoisotopic (exact) mass is 1420 g/mol. The van der Waals surface area contributed by atoms with Crippen molar-refractivity contribution in [2.75, 3.05) is 52.7 Å². The topological polar surface area (TPSA) is 246 Å². The Bertz CT molecular complexity index is 4490. The summed E-state index contributed by atoms with van der Waals surface area (Å²) in [5, 5.41) is 3.13. The number of anilines is 5. The van der Waals surface area contributed by atoms with E-state index in [4.69, 9.17) is 4.74 Å². The number of aryl methyl sites for hydroxylation is 4. The van der Waals surface area contributed by atoms with Crippen molar-refractivity contribution in [3.8, 4) is 16.9 Å². The highest BCUT2D eigenvalue weighted by molar-refractivity contribution is 6.25. The molecule has 0 spiro atoms. The van der Waals surface area contributed by atoms with Crippen LogP contribution in [0.2, 0.25) is 0 Å². The first-order valence-corrected chi connectivity index (χ1v) is 37.7. The molecule has 6 saturated heterocycles. The first kappa shape index (κ1) is 71.7. The van der Waals surface area contributed by atoms with Gasteiger partial charge in [0.25, 0.3) is 0 Å². The molecule has 1 N–H and O–H groups in total. The summed E-state index contributed by atoms with van der Waals surface area (Å²) in [7, 11) is 4.69. The molecule has 12 atom stereocenters. The second-order valence-electron chi connectivity index (χ2n) is 30.4. The molecule has 0 radical (unpaired) electrons. The van der Waals surface area contributed by atoms with E-state index in [1.54, 1.807) is 0 Å². The third-order valence-corrected chi connectivity index (χ3v) is 24.2. The predicted molar refractivity (Wildman–Crippen MR) is 395 cm³/mol.